The van der Waals surface area contributed by atoms with Gasteiger partial charge in [-0.05, 0) is 25.5 Å². The zero-order valence-corrected chi connectivity index (χ0v) is 12.2. The maximum Gasteiger partial charge on any atom is 0.190 e. The minimum absolute atomic E-state index is 0. The van der Waals surface area contributed by atoms with Gasteiger partial charge in [0.15, 0.2) is 5.96 Å². The maximum absolute atomic E-state index is 4.11. The molecule has 0 heterocycles. The zero-order valence-electron chi connectivity index (χ0n) is 9.04. The van der Waals surface area contributed by atoms with E-state index in [9.17, 15) is 0 Å². The molecule has 84 valence electrons. The zero-order chi connectivity index (χ0) is 9.68. The van der Waals surface area contributed by atoms with E-state index >= 15 is 0 Å². The van der Waals surface area contributed by atoms with Crippen LogP contribution in [0.4, 0.5) is 0 Å². The molecule has 0 aromatic rings. The Labute approximate surface area is 108 Å². The summed E-state index contributed by atoms with van der Waals surface area (Å²) < 4.78 is 0. The van der Waals surface area contributed by atoms with Crippen LogP contribution in [0.2, 0.25) is 0 Å². The molecule has 1 aliphatic rings. The summed E-state index contributed by atoms with van der Waals surface area (Å²) in [5.41, 5.74) is 0. The lowest BCUT2D eigenvalue weighted by Crippen LogP contribution is -2.40. The van der Waals surface area contributed by atoms with Crippen LogP contribution in [-0.4, -0.2) is 37.6 Å². The molecule has 0 bridgehead atoms. The van der Waals surface area contributed by atoms with Crippen molar-refractivity contribution in [2.45, 2.75) is 30.6 Å². The van der Waals surface area contributed by atoms with Gasteiger partial charge in [-0.1, -0.05) is 0 Å². The number of halogens is 1. The lowest BCUT2D eigenvalue weighted by Gasteiger charge is -2.15. The SMILES string of the molecule is CN=C(NC)NC1CCC(SC)C1.I. The highest BCUT2D eigenvalue weighted by molar-refractivity contribution is 14.0. The van der Waals surface area contributed by atoms with Crippen molar-refractivity contribution in [2.75, 3.05) is 20.4 Å². The van der Waals surface area contributed by atoms with E-state index in [2.05, 4.69) is 21.9 Å². The number of hydrogen-bond acceptors (Lipinski definition) is 2. The second kappa shape index (κ2) is 7.62. The van der Waals surface area contributed by atoms with Crippen LogP contribution in [0.5, 0.6) is 0 Å². The number of nitrogens with zero attached hydrogens (tertiary/aromatic N) is 1. The van der Waals surface area contributed by atoms with Gasteiger partial charge < -0.3 is 10.6 Å². The molecule has 1 saturated carbocycles. The van der Waals surface area contributed by atoms with Gasteiger partial charge in [0.1, 0.15) is 0 Å². The molecule has 0 spiro atoms. The van der Waals surface area contributed by atoms with E-state index in [-0.39, 0.29) is 24.0 Å². The second-order valence-electron chi connectivity index (χ2n) is 3.33. The predicted molar refractivity (Wildman–Crippen MR) is 75.9 cm³/mol. The molecule has 3 nitrogen and oxygen atoms in total. The van der Waals surface area contributed by atoms with Gasteiger partial charge in [0.2, 0.25) is 0 Å². The number of guanidine groups is 1. The molecule has 0 aromatic carbocycles. The second-order valence-corrected chi connectivity index (χ2v) is 4.47. The fourth-order valence-corrected chi connectivity index (χ4v) is 2.52. The van der Waals surface area contributed by atoms with Crippen LogP contribution in [0.15, 0.2) is 4.99 Å². The molecule has 2 unspecified atom stereocenters. The van der Waals surface area contributed by atoms with Gasteiger partial charge in [0.05, 0.1) is 0 Å². The minimum atomic E-state index is 0. The van der Waals surface area contributed by atoms with Gasteiger partial charge >= 0.3 is 0 Å². The summed E-state index contributed by atoms with van der Waals surface area (Å²) in [7, 11) is 3.70. The third-order valence-corrected chi connectivity index (χ3v) is 3.61. The topological polar surface area (TPSA) is 36.4 Å². The number of hydrogen-bond donors (Lipinski definition) is 2. The van der Waals surface area contributed by atoms with Crippen molar-refractivity contribution in [3.63, 3.8) is 0 Å². The van der Waals surface area contributed by atoms with Crippen molar-refractivity contribution in [2.24, 2.45) is 4.99 Å². The number of rotatable bonds is 2. The first-order valence-electron chi connectivity index (χ1n) is 4.74. The van der Waals surface area contributed by atoms with Crippen molar-refractivity contribution >= 4 is 41.7 Å². The Hall–Kier alpha value is 0.350. The highest BCUT2D eigenvalue weighted by Crippen LogP contribution is 2.27. The average molecular weight is 329 g/mol. The Bertz CT molecular complexity index is 187. The molecule has 0 aromatic heterocycles. The summed E-state index contributed by atoms with van der Waals surface area (Å²) in [6.07, 6.45) is 6.06. The first-order valence-corrected chi connectivity index (χ1v) is 6.02. The summed E-state index contributed by atoms with van der Waals surface area (Å²) in [6.45, 7) is 0. The average Bonchev–Trinajstić information content (AvgIpc) is 2.61. The van der Waals surface area contributed by atoms with E-state index in [1.54, 1.807) is 7.05 Å². The van der Waals surface area contributed by atoms with E-state index in [0.717, 1.165) is 11.2 Å². The molecule has 0 saturated heterocycles. The van der Waals surface area contributed by atoms with Gasteiger partial charge in [-0.2, -0.15) is 11.8 Å². The largest absolute Gasteiger partial charge is 0.359 e. The smallest absolute Gasteiger partial charge is 0.190 e. The van der Waals surface area contributed by atoms with Gasteiger partial charge in [0, 0.05) is 25.4 Å². The van der Waals surface area contributed by atoms with E-state index in [4.69, 9.17) is 0 Å². The quantitative estimate of drug-likeness (QED) is 0.460. The van der Waals surface area contributed by atoms with Crippen molar-refractivity contribution in [1.29, 1.82) is 0 Å². The fourth-order valence-electron chi connectivity index (χ4n) is 1.73. The van der Waals surface area contributed by atoms with Crippen LogP contribution < -0.4 is 10.6 Å². The molecule has 14 heavy (non-hydrogen) atoms. The van der Waals surface area contributed by atoms with Gasteiger partial charge in [-0.3, -0.25) is 4.99 Å². The molecule has 1 fully saturated rings. The predicted octanol–water partition coefficient (Wildman–Crippen LogP) is 1.68. The highest BCUT2D eigenvalue weighted by Gasteiger charge is 2.23. The first-order chi connectivity index (χ1) is 6.30. The van der Waals surface area contributed by atoms with E-state index in [0.29, 0.717) is 6.04 Å². The Kier molecular flexibility index (Phi) is 7.81. The van der Waals surface area contributed by atoms with E-state index in [1.807, 2.05) is 18.8 Å². The Balaban J connectivity index is 0.00000169. The molecular formula is C9H20IN3S. The molecule has 1 rings (SSSR count). The van der Waals surface area contributed by atoms with Gasteiger partial charge in [-0.25, -0.2) is 0 Å². The van der Waals surface area contributed by atoms with Gasteiger partial charge in [-0.15, -0.1) is 24.0 Å². The normalized spacial score (nSPS) is 26.9. The summed E-state index contributed by atoms with van der Waals surface area (Å²) >= 11 is 1.98. The molecule has 0 aliphatic heterocycles. The van der Waals surface area contributed by atoms with Crippen LogP contribution in [0.25, 0.3) is 0 Å². The third kappa shape index (κ3) is 4.25. The first kappa shape index (κ1) is 14.3. The standard InChI is InChI=1S/C9H19N3S.HI/c1-10-9(11-2)12-7-4-5-8(6-7)13-3;/h7-8H,4-6H2,1-3H3,(H2,10,11,12);1H. The molecule has 0 amide bonds. The summed E-state index contributed by atoms with van der Waals surface area (Å²) in [5.74, 6) is 0.909. The van der Waals surface area contributed by atoms with Crippen LogP contribution in [0, 0.1) is 0 Å². The Morgan fingerprint density at radius 2 is 2.14 bits per heavy atom. The molecule has 5 heteroatoms. The maximum atomic E-state index is 4.11. The van der Waals surface area contributed by atoms with Crippen molar-refractivity contribution in [1.82, 2.24) is 10.6 Å². The van der Waals surface area contributed by atoms with E-state index in [1.165, 1.54) is 19.3 Å². The summed E-state index contributed by atoms with van der Waals surface area (Å²) in [4.78, 5) is 4.11. The third-order valence-electron chi connectivity index (χ3n) is 2.52. The molecular weight excluding hydrogens is 309 g/mol. The Morgan fingerprint density at radius 1 is 1.43 bits per heavy atom. The lowest BCUT2D eigenvalue weighted by atomic mass is 10.2. The van der Waals surface area contributed by atoms with Crippen LogP contribution in [0.3, 0.4) is 0 Å². The minimum Gasteiger partial charge on any atom is -0.359 e. The molecule has 2 atom stereocenters. The number of aliphatic imine (C=N–C) groups is 1. The van der Waals surface area contributed by atoms with Gasteiger partial charge in [0.25, 0.3) is 0 Å². The van der Waals surface area contributed by atoms with Crippen LogP contribution in [0.1, 0.15) is 19.3 Å². The summed E-state index contributed by atoms with van der Waals surface area (Å²) in [5, 5.41) is 7.29. The lowest BCUT2D eigenvalue weighted by molar-refractivity contribution is 0.621. The van der Waals surface area contributed by atoms with Crippen molar-refractivity contribution < 1.29 is 0 Å². The highest BCUT2D eigenvalue weighted by atomic mass is 127. The Morgan fingerprint density at radius 3 is 2.57 bits per heavy atom. The fraction of sp³-hybridized carbons (Fsp3) is 0.889. The number of nitrogens with one attached hydrogen (secondary N) is 2. The molecule has 1 aliphatic carbocycles. The van der Waals surface area contributed by atoms with E-state index < -0.39 is 0 Å². The summed E-state index contributed by atoms with van der Waals surface area (Å²) in [6, 6.07) is 0.614. The monoisotopic (exact) mass is 329 g/mol. The van der Waals surface area contributed by atoms with Crippen molar-refractivity contribution in [3.05, 3.63) is 0 Å². The van der Waals surface area contributed by atoms with Crippen molar-refractivity contribution in [3.8, 4) is 0 Å². The number of thioether (sulfide) groups is 1. The molecule has 2 N–H and O–H groups in total. The molecule has 0 radical (unpaired) electrons. The van der Waals surface area contributed by atoms with Crippen LogP contribution in [-0.2, 0) is 0 Å². The van der Waals surface area contributed by atoms with Crippen LogP contribution >= 0.6 is 35.7 Å².